The van der Waals surface area contributed by atoms with Crippen molar-refractivity contribution in [1.82, 2.24) is 4.57 Å². The smallest absolute Gasteiger partial charge is 0.339 e. The third-order valence-corrected chi connectivity index (χ3v) is 3.98. The molecule has 0 atom stereocenters. The molecule has 0 fully saturated rings. The first-order chi connectivity index (χ1) is 11.6. The van der Waals surface area contributed by atoms with Crippen LogP contribution in [0, 0.1) is 6.92 Å². The number of aromatic nitrogens is 1. The summed E-state index contributed by atoms with van der Waals surface area (Å²) in [7, 11) is 0. The van der Waals surface area contributed by atoms with Crippen LogP contribution in [0.2, 0.25) is 0 Å². The molecule has 4 heteroatoms. The van der Waals surface area contributed by atoms with Crippen molar-refractivity contribution in [2.24, 2.45) is 0 Å². The number of ether oxygens (including phenoxy) is 1. The van der Waals surface area contributed by atoms with Crippen molar-refractivity contribution in [2.75, 3.05) is 6.61 Å². The van der Waals surface area contributed by atoms with Crippen molar-refractivity contribution in [1.29, 1.82) is 0 Å². The van der Waals surface area contributed by atoms with E-state index in [9.17, 15) is 9.59 Å². The third-order valence-electron chi connectivity index (χ3n) is 3.98. The molecule has 3 aromatic rings. The molecule has 0 bridgehead atoms. The van der Waals surface area contributed by atoms with Crippen molar-refractivity contribution in [2.45, 2.75) is 20.4 Å². The molecule has 122 valence electrons. The van der Waals surface area contributed by atoms with Gasteiger partial charge in [-0.3, -0.25) is 4.79 Å². The quantitative estimate of drug-likeness (QED) is 0.691. The fourth-order valence-corrected chi connectivity index (χ4v) is 2.75. The topological polar surface area (TPSA) is 48.3 Å². The van der Waals surface area contributed by atoms with Gasteiger partial charge in [-0.2, -0.15) is 0 Å². The zero-order valence-corrected chi connectivity index (χ0v) is 13.8. The molecule has 0 amide bonds. The van der Waals surface area contributed by atoms with Gasteiger partial charge in [0.2, 0.25) is 0 Å². The molecule has 0 aliphatic carbocycles. The molecule has 4 nitrogen and oxygen atoms in total. The number of carbonyl (C=O) groups excluding carboxylic acids is 1. The van der Waals surface area contributed by atoms with E-state index in [0.29, 0.717) is 12.1 Å². The number of esters is 1. The van der Waals surface area contributed by atoms with Gasteiger partial charge in [-0.1, -0.05) is 48.0 Å². The minimum Gasteiger partial charge on any atom is -0.462 e. The molecule has 24 heavy (non-hydrogen) atoms. The molecule has 0 N–H and O–H groups in total. The summed E-state index contributed by atoms with van der Waals surface area (Å²) in [6.45, 7) is 4.51. The molecule has 2 aromatic carbocycles. The van der Waals surface area contributed by atoms with E-state index < -0.39 is 5.97 Å². The zero-order chi connectivity index (χ0) is 17.1. The predicted octanol–water partition coefficient (Wildman–Crippen LogP) is 3.53. The summed E-state index contributed by atoms with van der Waals surface area (Å²) < 4.78 is 6.76. The number of carbonyl (C=O) groups is 1. The minimum absolute atomic E-state index is 0.211. The highest BCUT2D eigenvalue weighted by atomic mass is 16.5. The Labute approximate surface area is 140 Å². The summed E-state index contributed by atoms with van der Waals surface area (Å²) in [6.07, 6.45) is 0. The number of aryl methyl sites for hydroxylation is 1. The van der Waals surface area contributed by atoms with Gasteiger partial charge in [0.15, 0.2) is 0 Å². The van der Waals surface area contributed by atoms with Gasteiger partial charge in [0.1, 0.15) is 0 Å². The standard InChI is InChI=1S/C20H19NO3/c1-3-24-20(23)17-12-19(22)21(18-7-5-4-6-16(17)18)13-15-10-8-14(2)9-11-15/h4-12H,3,13H2,1-2H3. The van der Waals surface area contributed by atoms with Crippen LogP contribution in [-0.4, -0.2) is 17.1 Å². The lowest BCUT2D eigenvalue weighted by atomic mass is 10.1. The monoisotopic (exact) mass is 321 g/mol. The largest absolute Gasteiger partial charge is 0.462 e. The highest BCUT2D eigenvalue weighted by Gasteiger charge is 2.15. The van der Waals surface area contributed by atoms with Crippen LogP contribution in [0.1, 0.15) is 28.4 Å². The van der Waals surface area contributed by atoms with Crippen LogP contribution >= 0.6 is 0 Å². The van der Waals surface area contributed by atoms with Crippen molar-refractivity contribution in [3.8, 4) is 0 Å². The molecule has 0 unspecified atom stereocenters. The number of benzene rings is 2. The van der Waals surface area contributed by atoms with Gasteiger partial charge < -0.3 is 9.30 Å². The maximum absolute atomic E-state index is 12.6. The van der Waals surface area contributed by atoms with E-state index in [0.717, 1.165) is 16.5 Å². The van der Waals surface area contributed by atoms with Crippen LogP contribution in [0.25, 0.3) is 10.9 Å². The Kier molecular flexibility index (Phi) is 4.47. The third kappa shape index (κ3) is 3.08. The van der Waals surface area contributed by atoms with Crippen LogP contribution in [-0.2, 0) is 11.3 Å². The molecule has 3 rings (SSSR count). The van der Waals surface area contributed by atoms with E-state index in [1.807, 2.05) is 55.5 Å². The van der Waals surface area contributed by atoms with Crippen molar-refractivity contribution >= 4 is 16.9 Å². The summed E-state index contributed by atoms with van der Waals surface area (Å²) >= 11 is 0. The normalized spacial score (nSPS) is 10.8. The number of hydrogen-bond donors (Lipinski definition) is 0. The Balaban J connectivity index is 2.14. The summed E-state index contributed by atoms with van der Waals surface area (Å²) in [5, 5.41) is 0.725. The second kappa shape index (κ2) is 6.71. The maximum Gasteiger partial charge on any atom is 0.339 e. The summed E-state index contributed by atoms with van der Waals surface area (Å²) in [4.78, 5) is 24.7. The van der Waals surface area contributed by atoms with Crippen LogP contribution in [0.5, 0.6) is 0 Å². The van der Waals surface area contributed by atoms with Crippen LogP contribution in [0.4, 0.5) is 0 Å². The SMILES string of the molecule is CCOC(=O)c1cc(=O)n(Cc2ccc(C)cc2)c2ccccc12. The van der Waals surface area contributed by atoms with E-state index in [2.05, 4.69) is 0 Å². The van der Waals surface area contributed by atoms with Crippen LogP contribution < -0.4 is 5.56 Å². The van der Waals surface area contributed by atoms with Crippen molar-refractivity contribution in [3.63, 3.8) is 0 Å². The van der Waals surface area contributed by atoms with Gasteiger partial charge in [0.05, 0.1) is 24.2 Å². The number of hydrogen-bond acceptors (Lipinski definition) is 3. The van der Waals surface area contributed by atoms with Crippen molar-refractivity contribution in [3.05, 3.63) is 81.6 Å². The Morgan fingerprint density at radius 2 is 1.79 bits per heavy atom. The van der Waals surface area contributed by atoms with Gasteiger partial charge in [0.25, 0.3) is 5.56 Å². The molecule has 0 saturated carbocycles. The number of para-hydroxylation sites is 1. The fraction of sp³-hybridized carbons (Fsp3) is 0.200. The summed E-state index contributed by atoms with van der Waals surface area (Å²) in [6, 6.07) is 16.8. The summed E-state index contributed by atoms with van der Waals surface area (Å²) in [5.41, 5.74) is 3.05. The number of pyridine rings is 1. The van der Waals surface area contributed by atoms with Gasteiger partial charge in [-0.05, 0) is 25.5 Å². The lowest BCUT2D eigenvalue weighted by Crippen LogP contribution is -2.23. The molecule has 1 heterocycles. The lowest BCUT2D eigenvalue weighted by molar-refractivity contribution is 0.0528. The Hall–Kier alpha value is -2.88. The van der Waals surface area contributed by atoms with E-state index in [1.165, 1.54) is 11.6 Å². The van der Waals surface area contributed by atoms with E-state index in [-0.39, 0.29) is 12.2 Å². The number of fused-ring (bicyclic) bond motifs is 1. The average molecular weight is 321 g/mol. The molecule has 0 aliphatic heterocycles. The molecule has 1 aromatic heterocycles. The molecule has 0 spiro atoms. The molecule has 0 aliphatic rings. The fourth-order valence-electron chi connectivity index (χ4n) is 2.75. The molecule has 0 saturated heterocycles. The number of rotatable bonds is 4. The maximum atomic E-state index is 12.6. The van der Waals surface area contributed by atoms with Crippen LogP contribution in [0.15, 0.2) is 59.4 Å². The van der Waals surface area contributed by atoms with E-state index in [1.54, 1.807) is 11.5 Å². The first kappa shape index (κ1) is 16.0. The van der Waals surface area contributed by atoms with Gasteiger partial charge in [0, 0.05) is 11.5 Å². The highest BCUT2D eigenvalue weighted by Crippen LogP contribution is 2.19. The van der Waals surface area contributed by atoms with Crippen LogP contribution in [0.3, 0.4) is 0 Å². The predicted molar refractivity (Wildman–Crippen MR) is 94.4 cm³/mol. The Morgan fingerprint density at radius 3 is 2.50 bits per heavy atom. The minimum atomic E-state index is -0.465. The van der Waals surface area contributed by atoms with Crippen molar-refractivity contribution < 1.29 is 9.53 Å². The lowest BCUT2D eigenvalue weighted by Gasteiger charge is -2.13. The second-order valence-corrected chi connectivity index (χ2v) is 5.71. The number of nitrogens with zero attached hydrogens (tertiary/aromatic N) is 1. The van der Waals surface area contributed by atoms with E-state index >= 15 is 0 Å². The van der Waals surface area contributed by atoms with Gasteiger partial charge >= 0.3 is 5.97 Å². The first-order valence-electron chi connectivity index (χ1n) is 7.95. The Morgan fingerprint density at radius 1 is 1.08 bits per heavy atom. The van der Waals surface area contributed by atoms with Gasteiger partial charge in [-0.25, -0.2) is 4.79 Å². The average Bonchev–Trinajstić information content (AvgIpc) is 2.59. The summed E-state index contributed by atoms with van der Waals surface area (Å²) in [5.74, 6) is -0.465. The zero-order valence-electron chi connectivity index (χ0n) is 13.8. The first-order valence-corrected chi connectivity index (χ1v) is 7.95. The van der Waals surface area contributed by atoms with E-state index in [4.69, 9.17) is 4.74 Å². The molecular formula is C20H19NO3. The highest BCUT2D eigenvalue weighted by molar-refractivity contribution is 6.03. The second-order valence-electron chi connectivity index (χ2n) is 5.71. The Bertz CT molecular complexity index is 939. The molecule has 0 radical (unpaired) electrons. The molecular weight excluding hydrogens is 302 g/mol. The van der Waals surface area contributed by atoms with Gasteiger partial charge in [-0.15, -0.1) is 0 Å².